The van der Waals surface area contributed by atoms with Gasteiger partial charge < -0.3 is 15.8 Å². The minimum absolute atomic E-state index is 0.140. The van der Waals surface area contributed by atoms with Gasteiger partial charge in [-0.1, -0.05) is 0 Å². The highest BCUT2D eigenvalue weighted by Gasteiger charge is 2.31. The summed E-state index contributed by atoms with van der Waals surface area (Å²) < 4.78 is 5.46. The predicted octanol–water partition coefficient (Wildman–Crippen LogP) is 2.18. The van der Waals surface area contributed by atoms with E-state index in [4.69, 9.17) is 10.5 Å². The van der Waals surface area contributed by atoms with Gasteiger partial charge in [-0.25, -0.2) is 4.98 Å². The number of carbonyl (C=O) groups excluding carboxylic acids is 1. The molecule has 0 aromatic carbocycles. The summed E-state index contributed by atoms with van der Waals surface area (Å²) in [7, 11) is 0. The van der Waals surface area contributed by atoms with E-state index in [1.165, 1.54) is 11.3 Å². The van der Waals surface area contributed by atoms with Gasteiger partial charge in [0.25, 0.3) is 5.91 Å². The van der Waals surface area contributed by atoms with Gasteiger partial charge in [-0.05, 0) is 31.9 Å². The maximum Gasteiger partial charge on any atom is 0.264 e. The monoisotopic (exact) mass is 291 g/mol. The van der Waals surface area contributed by atoms with Crippen molar-refractivity contribution in [3.8, 4) is 0 Å². The number of fused-ring (bicyclic) bond motifs is 1. The number of nitrogens with one attached hydrogen (secondary N) is 1. The van der Waals surface area contributed by atoms with Crippen molar-refractivity contribution in [2.45, 2.75) is 25.3 Å². The standard InChI is InChI=1S/C14H17N3O2S/c1-14(5-3-7-19-8-14)17-12(18)11-10(15)9-4-2-6-16-13(9)20-11/h2,4,6H,3,5,7-8,15H2,1H3,(H,17,18). The van der Waals surface area contributed by atoms with Crippen molar-refractivity contribution in [3.05, 3.63) is 23.2 Å². The van der Waals surface area contributed by atoms with Crippen molar-refractivity contribution >= 4 is 33.1 Å². The Bertz CT molecular complexity index is 647. The average molecular weight is 291 g/mol. The third-order valence-corrected chi connectivity index (χ3v) is 4.69. The minimum Gasteiger partial charge on any atom is -0.397 e. The first-order chi connectivity index (χ1) is 9.59. The highest BCUT2D eigenvalue weighted by molar-refractivity contribution is 7.21. The fourth-order valence-corrected chi connectivity index (χ4v) is 3.44. The summed E-state index contributed by atoms with van der Waals surface area (Å²) >= 11 is 1.33. The molecular weight excluding hydrogens is 274 g/mol. The number of aromatic nitrogens is 1. The number of rotatable bonds is 2. The molecular formula is C14H17N3O2S. The Hall–Kier alpha value is -1.66. The fraction of sp³-hybridized carbons (Fsp3) is 0.429. The van der Waals surface area contributed by atoms with Gasteiger partial charge in [0.1, 0.15) is 9.71 Å². The number of carbonyl (C=O) groups is 1. The summed E-state index contributed by atoms with van der Waals surface area (Å²) in [4.78, 5) is 18.0. The smallest absolute Gasteiger partial charge is 0.264 e. The Morgan fingerprint density at radius 3 is 3.15 bits per heavy atom. The largest absolute Gasteiger partial charge is 0.397 e. The Kier molecular flexibility index (Phi) is 3.35. The van der Waals surface area contributed by atoms with Crippen LogP contribution < -0.4 is 11.1 Å². The molecule has 0 aliphatic carbocycles. The van der Waals surface area contributed by atoms with Crippen LogP contribution in [-0.2, 0) is 4.74 Å². The van der Waals surface area contributed by atoms with E-state index in [2.05, 4.69) is 10.3 Å². The molecule has 6 heteroatoms. The highest BCUT2D eigenvalue weighted by atomic mass is 32.1. The summed E-state index contributed by atoms with van der Waals surface area (Å²) in [6.07, 6.45) is 3.58. The van der Waals surface area contributed by atoms with E-state index in [9.17, 15) is 4.79 Å². The lowest BCUT2D eigenvalue weighted by Crippen LogP contribution is -2.51. The number of hydrogen-bond donors (Lipinski definition) is 2. The lowest BCUT2D eigenvalue weighted by Gasteiger charge is -2.34. The van der Waals surface area contributed by atoms with Crippen LogP contribution in [0.3, 0.4) is 0 Å². The van der Waals surface area contributed by atoms with E-state index in [1.807, 2.05) is 19.1 Å². The topological polar surface area (TPSA) is 77.2 Å². The molecule has 2 aromatic heterocycles. The molecule has 1 unspecified atom stereocenters. The zero-order chi connectivity index (χ0) is 14.2. The number of pyridine rings is 1. The molecule has 2 aromatic rings. The van der Waals surface area contributed by atoms with Gasteiger partial charge in [0.15, 0.2) is 0 Å². The van der Waals surface area contributed by atoms with Crippen molar-refractivity contribution < 1.29 is 9.53 Å². The first kappa shape index (κ1) is 13.3. The molecule has 5 nitrogen and oxygen atoms in total. The Morgan fingerprint density at radius 1 is 1.60 bits per heavy atom. The molecule has 3 heterocycles. The van der Waals surface area contributed by atoms with Crippen LogP contribution in [0.25, 0.3) is 10.2 Å². The number of nitrogens with zero attached hydrogens (tertiary/aromatic N) is 1. The molecule has 0 bridgehead atoms. The quantitative estimate of drug-likeness (QED) is 0.889. The first-order valence-electron chi connectivity index (χ1n) is 6.62. The van der Waals surface area contributed by atoms with Crippen molar-refractivity contribution in [2.24, 2.45) is 0 Å². The van der Waals surface area contributed by atoms with Crippen LogP contribution >= 0.6 is 11.3 Å². The molecule has 1 saturated heterocycles. The van der Waals surface area contributed by atoms with Crippen LogP contribution in [0, 0.1) is 0 Å². The van der Waals surface area contributed by atoms with E-state index in [1.54, 1.807) is 6.20 Å². The van der Waals surface area contributed by atoms with Crippen LogP contribution in [-0.4, -0.2) is 29.6 Å². The summed E-state index contributed by atoms with van der Waals surface area (Å²) in [6, 6.07) is 3.71. The normalized spacial score (nSPS) is 22.9. The molecule has 1 aliphatic rings. The summed E-state index contributed by atoms with van der Waals surface area (Å²) in [5.74, 6) is -0.140. The summed E-state index contributed by atoms with van der Waals surface area (Å²) in [6.45, 7) is 3.31. The van der Waals surface area contributed by atoms with Gasteiger partial charge in [-0.2, -0.15) is 0 Å². The number of amides is 1. The maximum absolute atomic E-state index is 12.4. The second kappa shape index (κ2) is 5.03. The number of thiophene rings is 1. The van der Waals surface area contributed by atoms with Crippen LogP contribution in [0.15, 0.2) is 18.3 Å². The zero-order valence-electron chi connectivity index (χ0n) is 11.3. The van der Waals surface area contributed by atoms with Crippen LogP contribution in [0.4, 0.5) is 5.69 Å². The van der Waals surface area contributed by atoms with E-state index in [-0.39, 0.29) is 11.4 Å². The van der Waals surface area contributed by atoms with Crippen LogP contribution in [0.2, 0.25) is 0 Å². The number of hydrogen-bond acceptors (Lipinski definition) is 5. The predicted molar refractivity (Wildman–Crippen MR) is 80.0 cm³/mol. The van der Waals surface area contributed by atoms with Crippen molar-refractivity contribution in [3.63, 3.8) is 0 Å². The third kappa shape index (κ3) is 2.36. The Morgan fingerprint density at radius 2 is 2.45 bits per heavy atom. The number of nitrogens with two attached hydrogens (primary N) is 1. The maximum atomic E-state index is 12.4. The van der Waals surface area contributed by atoms with Gasteiger partial charge in [0.05, 0.1) is 17.8 Å². The van der Waals surface area contributed by atoms with E-state index in [0.717, 1.165) is 29.7 Å². The third-order valence-electron chi connectivity index (χ3n) is 3.56. The SMILES string of the molecule is CC1(NC(=O)c2sc3ncccc3c2N)CCCOC1. The average Bonchev–Trinajstić information content (AvgIpc) is 2.77. The Balaban J connectivity index is 1.87. The lowest BCUT2D eigenvalue weighted by molar-refractivity contribution is 0.0274. The summed E-state index contributed by atoms with van der Waals surface area (Å²) in [5, 5.41) is 3.89. The van der Waals surface area contributed by atoms with Crippen molar-refractivity contribution in [1.29, 1.82) is 0 Å². The number of nitrogen functional groups attached to an aromatic ring is 1. The van der Waals surface area contributed by atoms with E-state index in [0.29, 0.717) is 17.2 Å². The molecule has 3 N–H and O–H groups in total. The second-order valence-electron chi connectivity index (χ2n) is 5.37. The Labute approximate surface area is 121 Å². The molecule has 0 saturated carbocycles. The molecule has 1 aliphatic heterocycles. The number of ether oxygens (including phenoxy) is 1. The molecule has 1 atom stereocenters. The van der Waals surface area contributed by atoms with Gasteiger partial charge in [0, 0.05) is 18.2 Å². The summed E-state index contributed by atoms with van der Waals surface area (Å²) in [5.41, 5.74) is 6.26. The van der Waals surface area contributed by atoms with E-state index >= 15 is 0 Å². The zero-order valence-corrected chi connectivity index (χ0v) is 12.1. The van der Waals surface area contributed by atoms with Crippen LogP contribution in [0.5, 0.6) is 0 Å². The van der Waals surface area contributed by atoms with Crippen molar-refractivity contribution in [2.75, 3.05) is 18.9 Å². The highest BCUT2D eigenvalue weighted by Crippen LogP contribution is 2.32. The molecule has 1 amide bonds. The van der Waals surface area contributed by atoms with Gasteiger partial charge in [0.2, 0.25) is 0 Å². The molecule has 3 rings (SSSR count). The lowest BCUT2D eigenvalue weighted by atomic mass is 9.95. The molecule has 1 fully saturated rings. The molecule has 106 valence electrons. The molecule has 0 radical (unpaired) electrons. The molecule has 20 heavy (non-hydrogen) atoms. The number of anilines is 1. The minimum atomic E-state index is -0.314. The fourth-order valence-electron chi connectivity index (χ4n) is 2.48. The molecule has 0 spiro atoms. The first-order valence-corrected chi connectivity index (χ1v) is 7.44. The second-order valence-corrected chi connectivity index (χ2v) is 6.37. The van der Waals surface area contributed by atoms with Crippen molar-refractivity contribution in [1.82, 2.24) is 10.3 Å². The van der Waals surface area contributed by atoms with Gasteiger partial charge in [-0.3, -0.25) is 4.79 Å². The van der Waals surface area contributed by atoms with Gasteiger partial charge >= 0.3 is 0 Å². The van der Waals surface area contributed by atoms with E-state index < -0.39 is 0 Å². The van der Waals surface area contributed by atoms with Crippen LogP contribution in [0.1, 0.15) is 29.4 Å². The van der Waals surface area contributed by atoms with Gasteiger partial charge in [-0.15, -0.1) is 11.3 Å².